The fourth-order valence-corrected chi connectivity index (χ4v) is 4.59. The van der Waals surface area contributed by atoms with Crippen LogP contribution >= 0.6 is 0 Å². The average molecular weight is 609 g/mol. The number of hydrogen-bond donors (Lipinski definition) is 2. The number of esters is 1. The van der Waals surface area contributed by atoms with Crippen molar-refractivity contribution < 1.29 is 33.6 Å². The van der Waals surface area contributed by atoms with Crippen molar-refractivity contribution in [2.24, 2.45) is 0 Å². The number of rotatable bonds is 17. The number of carbonyl (C=O) groups is 1. The normalized spacial score (nSPS) is 14.0. The van der Waals surface area contributed by atoms with Crippen molar-refractivity contribution in [3.05, 3.63) is 77.8 Å². The van der Waals surface area contributed by atoms with Crippen molar-refractivity contribution >= 4 is 5.97 Å². The smallest absolute Gasteiger partial charge is 0.348 e. The van der Waals surface area contributed by atoms with Gasteiger partial charge in [0.05, 0.1) is 31.1 Å². The number of morpholine rings is 1. The van der Waals surface area contributed by atoms with E-state index in [1.807, 2.05) is 31.2 Å². The van der Waals surface area contributed by atoms with Gasteiger partial charge in [-0.25, -0.2) is 14.5 Å². The number of nitrogens with one attached hydrogen (secondary N) is 1. The van der Waals surface area contributed by atoms with Crippen LogP contribution in [-0.2, 0) is 20.8 Å². The molecule has 1 aromatic heterocycles. The number of aliphatic hydroxyl groups excluding tert-OH is 1. The van der Waals surface area contributed by atoms with Gasteiger partial charge in [-0.2, -0.15) is 5.10 Å². The monoisotopic (exact) mass is 608 g/mol. The number of nitrogens with zero attached hydrogens (tertiary/aromatic N) is 3. The summed E-state index contributed by atoms with van der Waals surface area (Å²) in [7, 11) is 0. The second-order valence-corrected chi connectivity index (χ2v) is 10.1. The third kappa shape index (κ3) is 8.59. The fourth-order valence-electron chi connectivity index (χ4n) is 4.59. The highest BCUT2D eigenvalue weighted by molar-refractivity contribution is 5.71. The third-order valence-electron chi connectivity index (χ3n) is 6.76. The van der Waals surface area contributed by atoms with Gasteiger partial charge >= 0.3 is 11.7 Å². The van der Waals surface area contributed by atoms with Gasteiger partial charge in [0.1, 0.15) is 25.6 Å². The molecule has 1 fully saturated rings. The number of aromatic amines is 1. The summed E-state index contributed by atoms with van der Waals surface area (Å²) in [5.41, 5.74) is 1.69. The Kier molecular flexibility index (Phi) is 12.2. The van der Waals surface area contributed by atoms with E-state index in [-0.39, 0.29) is 43.8 Å². The summed E-state index contributed by atoms with van der Waals surface area (Å²) >= 11 is 0. The maximum Gasteiger partial charge on any atom is 0.348 e. The molecule has 1 unspecified atom stereocenters. The number of benzene rings is 2. The van der Waals surface area contributed by atoms with Gasteiger partial charge in [-0.15, -0.1) is 0 Å². The predicted molar refractivity (Wildman–Crippen MR) is 164 cm³/mol. The molecule has 12 nitrogen and oxygen atoms in total. The number of H-pyrrole nitrogens is 1. The molecule has 12 heteroatoms. The second-order valence-electron chi connectivity index (χ2n) is 10.1. The Bertz CT molecular complexity index is 1440. The van der Waals surface area contributed by atoms with Crippen molar-refractivity contribution in [1.82, 2.24) is 19.7 Å². The lowest BCUT2D eigenvalue weighted by Gasteiger charge is -2.26. The fraction of sp³-hybridized carbons (Fsp3) is 0.406. The van der Waals surface area contributed by atoms with Gasteiger partial charge in [0.15, 0.2) is 23.4 Å². The molecule has 0 spiro atoms. The second kappa shape index (κ2) is 16.5. The van der Waals surface area contributed by atoms with E-state index < -0.39 is 18.4 Å². The molecule has 0 bridgehead atoms. The summed E-state index contributed by atoms with van der Waals surface area (Å²) in [6.07, 6.45) is 3.19. The number of hydrogen-bond acceptors (Lipinski definition) is 10. The average Bonchev–Trinajstić information content (AvgIpc) is 3.43. The quantitative estimate of drug-likeness (QED) is 0.174. The van der Waals surface area contributed by atoms with Crippen LogP contribution in [0.3, 0.4) is 0 Å². The molecule has 1 aliphatic heterocycles. The Morgan fingerprint density at radius 2 is 1.80 bits per heavy atom. The summed E-state index contributed by atoms with van der Waals surface area (Å²) < 4.78 is 30.1. The van der Waals surface area contributed by atoms with Crippen LogP contribution in [0.25, 0.3) is 17.1 Å². The topological polar surface area (TPSA) is 137 Å². The lowest BCUT2D eigenvalue weighted by atomic mass is 10.1. The molecule has 3 aromatic rings. The van der Waals surface area contributed by atoms with E-state index in [0.29, 0.717) is 42.4 Å². The first-order chi connectivity index (χ1) is 21.5. The third-order valence-corrected chi connectivity index (χ3v) is 6.76. The zero-order valence-electron chi connectivity index (χ0n) is 25.0. The van der Waals surface area contributed by atoms with E-state index in [4.69, 9.17) is 23.7 Å². The maximum absolute atomic E-state index is 13.1. The van der Waals surface area contributed by atoms with Gasteiger partial charge in [0.2, 0.25) is 0 Å². The van der Waals surface area contributed by atoms with E-state index in [2.05, 4.69) is 28.3 Å². The standard InChI is InChI=1S/C32H40N4O8/c1-4-7-30(38)43-22-25(21-37)44-29-18-26(27(41-14-5-2)19-28(29)42-15-6-3)31-33-34-32(39)36(31)24-10-8-23(9-11-24)20-35-12-16-40-17-13-35/h5-6,8-11,18-19,25,37H,2-4,7,12-17,20-22H2,1H3,(H,34,39). The highest BCUT2D eigenvalue weighted by Crippen LogP contribution is 2.40. The molecule has 1 atom stereocenters. The van der Waals surface area contributed by atoms with Gasteiger partial charge in [-0.3, -0.25) is 9.69 Å². The zero-order valence-corrected chi connectivity index (χ0v) is 25.0. The van der Waals surface area contributed by atoms with E-state index >= 15 is 0 Å². The molecule has 2 aromatic carbocycles. The summed E-state index contributed by atoms with van der Waals surface area (Å²) in [5.74, 6) is 0.757. The van der Waals surface area contributed by atoms with Gasteiger partial charge in [0.25, 0.3) is 0 Å². The van der Waals surface area contributed by atoms with Crippen molar-refractivity contribution in [3.8, 4) is 34.3 Å². The first-order valence-electron chi connectivity index (χ1n) is 14.6. The number of carbonyl (C=O) groups excluding carboxylic acids is 1. The van der Waals surface area contributed by atoms with Gasteiger partial charge in [-0.05, 0) is 30.2 Å². The minimum Gasteiger partial charge on any atom is -0.489 e. The molecule has 1 saturated heterocycles. The summed E-state index contributed by atoms with van der Waals surface area (Å²) in [4.78, 5) is 27.3. The Hall–Kier alpha value is -4.39. The Labute approximate surface area is 256 Å². The first kappa shape index (κ1) is 32.5. The lowest BCUT2D eigenvalue weighted by molar-refractivity contribution is -0.146. The molecule has 0 aliphatic carbocycles. The molecule has 0 saturated carbocycles. The maximum atomic E-state index is 13.1. The molecule has 2 N–H and O–H groups in total. The number of aromatic nitrogens is 3. The molecular formula is C32H40N4O8. The van der Waals surface area contributed by atoms with Crippen LogP contribution in [0.2, 0.25) is 0 Å². The number of aliphatic hydroxyl groups is 1. The van der Waals surface area contributed by atoms with Gasteiger partial charge in [0, 0.05) is 32.1 Å². The minimum absolute atomic E-state index is 0.162. The van der Waals surface area contributed by atoms with Crippen molar-refractivity contribution in [1.29, 1.82) is 0 Å². The largest absolute Gasteiger partial charge is 0.489 e. The van der Waals surface area contributed by atoms with Crippen molar-refractivity contribution in [3.63, 3.8) is 0 Å². The van der Waals surface area contributed by atoms with E-state index in [0.717, 1.165) is 25.2 Å². The predicted octanol–water partition coefficient (Wildman–Crippen LogP) is 3.27. The van der Waals surface area contributed by atoms with Gasteiger partial charge < -0.3 is 28.8 Å². The first-order valence-corrected chi connectivity index (χ1v) is 14.6. The Morgan fingerprint density at radius 1 is 1.09 bits per heavy atom. The SMILES string of the molecule is C=CCOc1cc(OCC=C)c(-c2n[nH]c(=O)n2-c2ccc(CN3CCOCC3)cc2)cc1OC(CO)COC(=O)CCC. The molecule has 236 valence electrons. The number of ether oxygens (including phenoxy) is 5. The molecular weight excluding hydrogens is 568 g/mol. The molecule has 0 radical (unpaired) electrons. The van der Waals surface area contributed by atoms with E-state index in [9.17, 15) is 14.7 Å². The molecule has 44 heavy (non-hydrogen) atoms. The molecule has 0 amide bonds. The summed E-state index contributed by atoms with van der Waals surface area (Å²) in [5, 5.41) is 16.9. The van der Waals surface area contributed by atoms with Crippen LogP contribution < -0.4 is 19.9 Å². The van der Waals surface area contributed by atoms with Crippen molar-refractivity contribution in [2.75, 3.05) is 52.7 Å². The summed E-state index contributed by atoms with van der Waals surface area (Å²) in [6.45, 7) is 13.0. The van der Waals surface area contributed by atoms with E-state index in [1.54, 1.807) is 24.3 Å². The van der Waals surface area contributed by atoms with Crippen LogP contribution in [-0.4, -0.2) is 89.6 Å². The molecule has 4 rings (SSSR count). The van der Waals surface area contributed by atoms with Crippen LogP contribution in [0.4, 0.5) is 0 Å². The molecule has 1 aliphatic rings. The van der Waals surface area contributed by atoms with Crippen molar-refractivity contribution in [2.45, 2.75) is 32.4 Å². The zero-order chi connectivity index (χ0) is 31.3. The van der Waals surface area contributed by atoms with E-state index in [1.165, 1.54) is 4.57 Å². The Balaban J connectivity index is 1.70. The van der Waals surface area contributed by atoms with Crippen LogP contribution in [0.15, 0.2) is 66.5 Å². The lowest BCUT2D eigenvalue weighted by Crippen LogP contribution is -2.35. The Morgan fingerprint density at radius 3 is 2.45 bits per heavy atom. The van der Waals surface area contributed by atoms with Crippen LogP contribution in [0.5, 0.6) is 17.2 Å². The molecule has 2 heterocycles. The van der Waals surface area contributed by atoms with Crippen LogP contribution in [0.1, 0.15) is 25.3 Å². The van der Waals surface area contributed by atoms with Crippen LogP contribution in [0, 0.1) is 0 Å². The minimum atomic E-state index is -0.880. The summed E-state index contributed by atoms with van der Waals surface area (Å²) in [6, 6.07) is 10.9. The highest BCUT2D eigenvalue weighted by atomic mass is 16.6. The highest BCUT2D eigenvalue weighted by Gasteiger charge is 2.23. The van der Waals surface area contributed by atoms with Gasteiger partial charge in [-0.1, -0.05) is 44.4 Å².